The zero-order valence-electron chi connectivity index (χ0n) is 10.8. The molecule has 2 N–H and O–H groups in total. The highest BCUT2D eigenvalue weighted by Crippen LogP contribution is 2.21. The summed E-state index contributed by atoms with van der Waals surface area (Å²) < 4.78 is 26.3. The van der Waals surface area contributed by atoms with Crippen molar-refractivity contribution in [1.29, 1.82) is 0 Å². The van der Waals surface area contributed by atoms with Crippen LogP contribution in [0.25, 0.3) is 0 Å². The van der Waals surface area contributed by atoms with E-state index in [0.29, 0.717) is 18.8 Å². The Hall–Kier alpha value is -1.11. The van der Waals surface area contributed by atoms with Gasteiger partial charge in [0.15, 0.2) is 0 Å². The Bertz CT molecular complexity index is 534. The molecule has 1 aliphatic rings. The number of likely N-dealkylation sites (N-methyl/N-ethyl adjacent to an activating group) is 1. The first-order valence-electron chi connectivity index (χ1n) is 5.96. The van der Waals surface area contributed by atoms with Crippen LogP contribution in [0.15, 0.2) is 23.1 Å². The smallest absolute Gasteiger partial charge is 0.243 e. The highest BCUT2D eigenvalue weighted by molar-refractivity contribution is 7.89. The van der Waals surface area contributed by atoms with Crippen molar-refractivity contribution in [2.75, 3.05) is 39.0 Å². The minimum absolute atomic E-state index is 0.287. The van der Waals surface area contributed by atoms with Gasteiger partial charge in [-0.1, -0.05) is 6.07 Å². The van der Waals surface area contributed by atoms with Crippen LogP contribution in [0.5, 0.6) is 0 Å². The molecule has 0 amide bonds. The summed E-state index contributed by atoms with van der Waals surface area (Å²) in [5.41, 5.74) is 7.19. The van der Waals surface area contributed by atoms with E-state index in [1.807, 2.05) is 14.0 Å². The van der Waals surface area contributed by atoms with E-state index < -0.39 is 10.0 Å². The molecule has 0 saturated carbocycles. The molecular formula is C12H19N3O2S. The van der Waals surface area contributed by atoms with Gasteiger partial charge in [0.05, 0.1) is 4.90 Å². The molecule has 0 unspecified atom stereocenters. The number of hydrogen-bond acceptors (Lipinski definition) is 4. The predicted octanol–water partition coefficient (Wildman–Crippen LogP) is 0.513. The summed E-state index contributed by atoms with van der Waals surface area (Å²) in [7, 11) is -1.40. The van der Waals surface area contributed by atoms with Gasteiger partial charge in [0.2, 0.25) is 10.0 Å². The fourth-order valence-electron chi connectivity index (χ4n) is 1.96. The monoisotopic (exact) mass is 269 g/mol. The fraction of sp³-hybridized carbons (Fsp3) is 0.500. The molecule has 1 fully saturated rings. The maximum Gasteiger partial charge on any atom is 0.243 e. The highest BCUT2D eigenvalue weighted by Gasteiger charge is 2.27. The topological polar surface area (TPSA) is 66.6 Å². The lowest BCUT2D eigenvalue weighted by Crippen LogP contribution is -2.47. The van der Waals surface area contributed by atoms with E-state index in [1.54, 1.807) is 18.2 Å². The third-order valence-electron chi connectivity index (χ3n) is 3.35. The Morgan fingerprint density at radius 3 is 2.33 bits per heavy atom. The molecule has 18 heavy (non-hydrogen) atoms. The van der Waals surface area contributed by atoms with E-state index in [1.165, 1.54) is 4.31 Å². The SMILES string of the molecule is Cc1ccc(S(=O)(=O)N2CCN(C)CC2)cc1N. The van der Waals surface area contributed by atoms with Crippen LogP contribution in [-0.2, 0) is 10.0 Å². The molecule has 6 heteroatoms. The van der Waals surface area contributed by atoms with Gasteiger partial charge < -0.3 is 10.6 Å². The van der Waals surface area contributed by atoms with Crippen LogP contribution in [0.4, 0.5) is 5.69 Å². The van der Waals surface area contributed by atoms with E-state index in [0.717, 1.165) is 18.7 Å². The lowest BCUT2D eigenvalue weighted by molar-refractivity contribution is 0.222. The van der Waals surface area contributed by atoms with Crippen LogP contribution in [0.3, 0.4) is 0 Å². The number of benzene rings is 1. The molecule has 0 atom stereocenters. The molecule has 1 aromatic carbocycles. The summed E-state index contributed by atoms with van der Waals surface area (Å²) in [6.07, 6.45) is 0. The zero-order valence-corrected chi connectivity index (χ0v) is 11.6. The lowest BCUT2D eigenvalue weighted by atomic mass is 10.2. The van der Waals surface area contributed by atoms with Crippen LogP contribution >= 0.6 is 0 Å². The van der Waals surface area contributed by atoms with Gasteiger partial charge in [-0.3, -0.25) is 0 Å². The Labute approximate surface area is 108 Å². The highest BCUT2D eigenvalue weighted by atomic mass is 32.2. The molecule has 0 aliphatic carbocycles. The number of aryl methyl sites for hydroxylation is 1. The number of hydrogen-bond donors (Lipinski definition) is 1. The van der Waals surface area contributed by atoms with E-state index in [4.69, 9.17) is 5.73 Å². The molecule has 0 bridgehead atoms. The van der Waals surface area contributed by atoms with Crippen molar-refractivity contribution < 1.29 is 8.42 Å². The molecule has 2 rings (SSSR count). The second kappa shape index (κ2) is 4.87. The third-order valence-corrected chi connectivity index (χ3v) is 5.25. The van der Waals surface area contributed by atoms with Crippen molar-refractivity contribution in [3.05, 3.63) is 23.8 Å². The normalized spacial score (nSPS) is 19.0. The lowest BCUT2D eigenvalue weighted by Gasteiger charge is -2.31. The molecule has 0 spiro atoms. The van der Waals surface area contributed by atoms with Crippen LogP contribution in [-0.4, -0.2) is 50.8 Å². The van der Waals surface area contributed by atoms with E-state index in [2.05, 4.69) is 4.90 Å². The van der Waals surface area contributed by atoms with Crippen LogP contribution in [0, 0.1) is 6.92 Å². The number of rotatable bonds is 2. The fourth-order valence-corrected chi connectivity index (χ4v) is 3.41. The van der Waals surface area contributed by atoms with Crippen molar-refractivity contribution in [2.45, 2.75) is 11.8 Å². The van der Waals surface area contributed by atoms with Crippen LogP contribution in [0.1, 0.15) is 5.56 Å². The Kier molecular flexibility index (Phi) is 3.61. The molecule has 1 saturated heterocycles. The van der Waals surface area contributed by atoms with E-state index in [9.17, 15) is 8.42 Å². The first-order valence-corrected chi connectivity index (χ1v) is 7.40. The van der Waals surface area contributed by atoms with Crippen molar-refractivity contribution in [2.24, 2.45) is 0 Å². The van der Waals surface area contributed by atoms with Gasteiger partial charge in [-0.2, -0.15) is 4.31 Å². The Balaban J connectivity index is 2.27. The van der Waals surface area contributed by atoms with Gasteiger partial charge in [-0.15, -0.1) is 0 Å². The first kappa shape index (κ1) is 13.3. The molecule has 100 valence electrons. The number of sulfonamides is 1. The summed E-state index contributed by atoms with van der Waals surface area (Å²) in [6.45, 7) is 4.46. The van der Waals surface area contributed by atoms with Crippen molar-refractivity contribution in [3.8, 4) is 0 Å². The Morgan fingerprint density at radius 2 is 1.78 bits per heavy atom. The summed E-state index contributed by atoms with van der Waals surface area (Å²) >= 11 is 0. The molecule has 1 heterocycles. The molecule has 0 aromatic heterocycles. The standard InChI is InChI=1S/C12H19N3O2S/c1-10-3-4-11(9-12(10)13)18(16,17)15-7-5-14(2)6-8-15/h3-4,9H,5-8,13H2,1-2H3. The van der Waals surface area contributed by atoms with E-state index in [-0.39, 0.29) is 4.90 Å². The number of nitrogens with two attached hydrogens (primary N) is 1. The summed E-state index contributed by atoms with van der Waals surface area (Å²) in [6, 6.07) is 4.92. The van der Waals surface area contributed by atoms with Gasteiger partial charge in [0.1, 0.15) is 0 Å². The van der Waals surface area contributed by atoms with Crippen LogP contribution in [0.2, 0.25) is 0 Å². The molecule has 5 nitrogen and oxygen atoms in total. The van der Waals surface area contributed by atoms with Gasteiger partial charge in [-0.25, -0.2) is 8.42 Å². The van der Waals surface area contributed by atoms with Gasteiger partial charge in [0.25, 0.3) is 0 Å². The second-order valence-electron chi connectivity index (χ2n) is 4.73. The maximum absolute atomic E-state index is 12.4. The Morgan fingerprint density at radius 1 is 1.17 bits per heavy atom. The minimum atomic E-state index is -3.40. The van der Waals surface area contributed by atoms with Crippen molar-refractivity contribution in [3.63, 3.8) is 0 Å². The summed E-state index contributed by atoms with van der Waals surface area (Å²) in [5, 5.41) is 0. The average molecular weight is 269 g/mol. The minimum Gasteiger partial charge on any atom is -0.398 e. The van der Waals surface area contributed by atoms with Crippen molar-refractivity contribution in [1.82, 2.24) is 9.21 Å². The van der Waals surface area contributed by atoms with Gasteiger partial charge >= 0.3 is 0 Å². The number of anilines is 1. The average Bonchev–Trinajstić information content (AvgIpc) is 2.33. The number of piperazine rings is 1. The second-order valence-corrected chi connectivity index (χ2v) is 6.66. The maximum atomic E-state index is 12.4. The van der Waals surface area contributed by atoms with Gasteiger partial charge in [-0.05, 0) is 31.7 Å². The van der Waals surface area contributed by atoms with Crippen molar-refractivity contribution >= 4 is 15.7 Å². The zero-order chi connectivity index (χ0) is 13.3. The van der Waals surface area contributed by atoms with Gasteiger partial charge in [0, 0.05) is 31.9 Å². The molecule has 1 aliphatic heterocycles. The van der Waals surface area contributed by atoms with E-state index >= 15 is 0 Å². The number of nitrogens with zero attached hydrogens (tertiary/aromatic N) is 2. The summed E-state index contributed by atoms with van der Waals surface area (Å²) in [4.78, 5) is 2.41. The van der Waals surface area contributed by atoms with Crippen LogP contribution < -0.4 is 5.73 Å². The molecule has 0 radical (unpaired) electrons. The molecular weight excluding hydrogens is 250 g/mol. The quantitative estimate of drug-likeness (QED) is 0.795. The first-order chi connectivity index (χ1) is 8.41. The summed E-state index contributed by atoms with van der Waals surface area (Å²) in [5.74, 6) is 0. The number of nitrogen functional groups attached to an aromatic ring is 1. The third kappa shape index (κ3) is 2.50. The largest absolute Gasteiger partial charge is 0.398 e. The molecule has 1 aromatic rings. The predicted molar refractivity (Wildman–Crippen MR) is 71.8 cm³/mol.